The average molecular weight is 354 g/mol. The Bertz CT molecular complexity index is 635. The van der Waals surface area contributed by atoms with Gasteiger partial charge in [0.05, 0.1) is 0 Å². The Labute approximate surface area is 118 Å². The minimum absolute atomic E-state index is 0.119. The van der Waals surface area contributed by atoms with Gasteiger partial charge in [-0.3, -0.25) is 9.59 Å². The molecule has 0 unspecified atom stereocenters. The maximum absolute atomic E-state index is 12.0. The van der Waals surface area contributed by atoms with Crippen molar-refractivity contribution in [1.82, 2.24) is 4.98 Å². The van der Waals surface area contributed by atoms with Crippen molar-refractivity contribution in [3.05, 3.63) is 61.6 Å². The molecule has 0 bridgehead atoms. The second-order valence-corrected chi connectivity index (χ2v) is 4.97. The van der Waals surface area contributed by atoms with E-state index in [0.717, 1.165) is 9.26 Å². The average Bonchev–Trinajstić information content (AvgIpc) is 2.35. The quantitative estimate of drug-likeness (QED) is 0.815. The van der Waals surface area contributed by atoms with Gasteiger partial charge in [0, 0.05) is 15.0 Å². The predicted octanol–water partition coefficient (Wildman–Crippen LogP) is 2.54. The molecule has 0 radical (unpaired) electrons. The van der Waals surface area contributed by atoms with Gasteiger partial charge in [-0.15, -0.1) is 0 Å². The number of aromatic nitrogens is 1. The first-order chi connectivity index (χ1) is 8.58. The zero-order chi connectivity index (χ0) is 13.1. The molecule has 0 saturated carbocycles. The van der Waals surface area contributed by atoms with Crippen molar-refractivity contribution in [3.8, 4) is 0 Å². The van der Waals surface area contributed by atoms with Crippen LogP contribution in [0.5, 0.6) is 0 Å². The van der Waals surface area contributed by atoms with Gasteiger partial charge in [0.25, 0.3) is 11.5 Å². The monoisotopic (exact) mass is 354 g/mol. The standard InChI is InChI=1S/C13H11IN2O2/c1-8-11(14)7-10(12(17)15-8)13(18)16-9-5-3-2-4-6-9/h2-7H,1H3,(H,15,17)(H,16,18). The SMILES string of the molecule is Cc1[nH]c(=O)c(C(=O)Nc2ccccc2)cc1I. The summed E-state index contributed by atoms with van der Waals surface area (Å²) in [6, 6.07) is 10.6. The second kappa shape index (κ2) is 5.34. The molecule has 0 aliphatic rings. The minimum atomic E-state index is -0.402. The van der Waals surface area contributed by atoms with E-state index in [4.69, 9.17) is 0 Å². The number of hydrogen-bond acceptors (Lipinski definition) is 2. The lowest BCUT2D eigenvalue weighted by molar-refractivity contribution is 0.102. The number of pyridine rings is 1. The van der Waals surface area contributed by atoms with Gasteiger partial charge in [-0.1, -0.05) is 18.2 Å². The summed E-state index contributed by atoms with van der Waals surface area (Å²) in [7, 11) is 0. The van der Waals surface area contributed by atoms with Crippen molar-refractivity contribution >= 4 is 34.2 Å². The van der Waals surface area contributed by atoms with Gasteiger partial charge in [0.2, 0.25) is 0 Å². The third-order valence-corrected chi connectivity index (χ3v) is 3.57. The number of aromatic amines is 1. The van der Waals surface area contributed by atoms with Gasteiger partial charge in [-0.05, 0) is 47.7 Å². The van der Waals surface area contributed by atoms with Crippen LogP contribution in [0.4, 0.5) is 5.69 Å². The largest absolute Gasteiger partial charge is 0.325 e. The molecule has 1 heterocycles. The van der Waals surface area contributed by atoms with Crippen LogP contribution in [0.25, 0.3) is 0 Å². The molecular weight excluding hydrogens is 343 g/mol. The highest BCUT2D eigenvalue weighted by atomic mass is 127. The van der Waals surface area contributed by atoms with Crippen LogP contribution in [0.2, 0.25) is 0 Å². The molecule has 0 spiro atoms. The van der Waals surface area contributed by atoms with Crippen LogP contribution in [0.3, 0.4) is 0 Å². The Balaban J connectivity index is 2.30. The molecule has 2 N–H and O–H groups in total. The summed E-state index contributed by atoms with van der Waals surface area (Å²) in [6.07, 6.45) is 0. The number of carbonyl (C=O) groups is 1. The molecule has 1 aromatic heterocycles. The highest BCUT2D eigenvalue weighted by molar-refractivity contribution is 14.1. The summed E-state index contributed by atoms with van der Waals surface area (Å²) in [5.74, 6) is -0.402. The highest BCUT2D eigenvalue weighted by Crippen LogP contribution is 2.10. The number of rotatable bonds is 2. The summed E-state index contributed by atoms with van der Waals surface area (Å²) in [6.45, 7) is 1.79. The smallest absolute Gasteiger partial charge is 0.261 e. The van der Waals surface area contributed by atoms with E-state index < -0.39 is 5.91 Å². The van der Waals surface area contributed by atoms with E-state index in [2.05, 4.69) is 32.9 Å². The Kier molecular flexibility index (Phi) is 3.81. The first-order valence-electron chi connectivity index (χ1n) is 5.34. The van der Waals surface area contributed by atoms with Gasteiger partial charge in [-0.25, -0.2) is 0 Å². The van der Waals surface area contributed by atoms with E-state index in [1.807, 2.05) is 18.2 Å². The number of H-pyrrole nitrogens is 1. The molecule has 18 heavy (non-hydrogen) atoms. The van der Waals surface area contributed by atoms with Crippen molar-refractivity contribution in [2.24, 2.45) is 0 Å². The van der Waals surface area contributed by atoms with Crippen molar-refractivity contribution in [2.75, 3.05) is 5.32 Å². The third kappa shape index (κ3) is 2.79. The molecule has 0 saturated heterocycles. The molecule has 0 aliphatic heterocycles. The Hall–Kier alpha value is -1.63. The molecule has 0 aliphatic carbocycles. The number of anilines is 1. The fraction of sp³-hybridized carbons (Fsp3) is 0.0769. The zero-order valence-electron chi connectivity index (χ0n) is 9.66. The summed E-state index contributed by atoms with van der Waals surface area (Å²) in [5, 5.41) is 2.68. The second-order valence-electron chi connectivity index (χ2n) is 3.81. The van der Waals surface area contributed by atoms with Gasteiger partial charge < -0.3 is 10.3 Å². The highest BCUT2D eigenvalue weighted by Gasteiger charge is 2.12. The number of aryl methyl sites for hydroxylation is 1. The molecule has 1 amide bonds. The normalized spacial score (nSPS) is 10.1. The molecule has 2 rings (SSSR count). The van der Waals surface area contributed by atoms with Crippen molar-refractivity contribution in [1.29, 1.82) is 0 Å². The summed E-state index contributed by atoms with van der Waals surface area (Å²) in [5.41, 5.74) is 1.17. The predicted molar refractivity (Wildman–Crippen MR) is 78.9 cm³/mol. The van der Waals surface area contributed by atoms with E-state index in [-0.39, 0.29) is 11.1 Å². The lowest BCUT2D eigenvalue weighted by Gasteiger charge is -2.05. The number of amides is 1. The number of para-hydroxylation sites is 1. The maximum Gasteiger partial charge on any atom is 0.261 e. The van der Waals surface area contributed by atoms with Gasteiger partial charge in [-0.2, -0.15) is 0 Å². The molecule has 92 valence electrons. The molecular formula is C13H11IN2O2. The molecule has 0 fully saturated rings. The number of carbonyl (C=O) groups excluding carboxylic acids is 1. The first kappa shape index (κ1) is 12.8. The lowest BCUT2D eigenvalue weighted by Crippen LogP contribution is -2.24. The molecule has 1 aromatic carbocycles. The van der Waals surface area contributed by atoms with E-state index in [1.54, 1.807) is 25.1 Å². The summed E-state index contributed by atoms with van der Waals surface area (Å²) in [4.78, 5) is 26.3. The van der Waals surface area contributed by atoms with Crippen LogP contribution >= 0.6 is 22.6 Å². The maximum atomic E-state index is 12.0. The van der Waals surface area contributed by atoms with E-state index in [9.17, 15) is 9.59 Å². The van der Waals surface area contributed by atoms with Crippen LogP contribution < -0.4 is 10.9 Å². The van der Waals surface area contributed by atoms with Crippen molar-refractivity contribution in [2.45, 2.75) is 6.92 Å². The molecule has 5 heteroatoms. The van der Waals surface area contributed by atoms with Gasteiger partial charge >= 0.3 is 0 Å². The van der Waals surface area contributed by atoms with Gasteiger partial charge in [0.15, 0.2) is 0 Å². The topological polar surface area (TPSA) is 62.0 Å². The fourth-order valence-electron chi connectivity index (χ4n) is 1.49. The Morgan fingerprint density at radius 2 is 1.94 bits per heavy atom. The van der Waals surface area contributed by atoms with E-state index >= 15 is 0 Å². The zero-order valence-corrected chi connectivity index (χ0v) is 11.8. The number of hydrogen-bond donors (Lipinski definition) is 2. The van der Waals surface area contributed by atoms with Crippen LogP contribution in [0, 0.1) is 10.5 Å². The molecule has 2 aromatic rings. The van der Waals surface area contributed by atoms with Gasteiger partial charge in [0.1, 0.15) is 5.56 Å². The summed E-state index contributed by atoms with van der Waals surface area (Å²) < 4.78 is 0.852. The Morgan fingerprint density at radius 1 is 1.28 bits per heavy atom. The number of nitrogens with one attached hydrogen (secondary N) is 2. The first-order valence-corrected chi connectivity index (χ1v) is 6.41. The van der Waals surface area contributed by atoms with E-state index in [1.165, 1.54) is 0 Å². The lowest BCUT2D eigenvalue weighted by atomic mass is 10.2. The minimum Gasteiger partial charge on any atom is -0.325 e. The summed E-state index contributed by atoms with van der Waals surface area (Å²) >= 11 is 2.08. The van der Waals surface area contributed by atoms with Crippen LogP contribution in [0.15, 0.2) is 41.2 Å². The molecule has 0 atom stereocenters. The third-order valence-electron chi connectivity index (χ3n) is 2.45. The van der Waals surface area contributed by atoms with Crippen molar-refractivity contribution in [3.63, 3.8) is 0 Å². The van der Waals surface area contributed by atoms with Crippen molar-refractivity contribution < 1.29 is 4.79 Å². The van der Waals surface area contributed by atoms with Crippen LogP contribution in [0.1, 0.15) is 16.1 Å². The number of benzene rings is 1. The fourth-order valence-corrected chi connectivity index (χ4v) is 1.93. The Morgan fingerprint density at radius 3 is 2.61 bits per heavy atom. The van der Waals surface area contributed by atoms with E-state index in [0.29, 0.717) is 5.69 Å². The molecule has 4 nitrogen and oxygen atoms in total. The van der Waals surface area contributed by atoms with Crippen LogP contribution in [-0.4, -0.2) is 10.9 Å². The van der Waals surface area contributed by atoms with Crippen LogP contribution in [-0.2, 0) is 0 Å². The number of halogens is 1.